The third-order valence-corrected chi connectivity index (χ3v) is 4.61. The summed E-state index contributed by atoms with van der Waals surface area (Å²) in [6.07, 6.45) is 0. The van der Waals surface area contributed by atoms with Crippen molar-refractivity contribution in [2.75, 3.05) is 5.32 Å². The van der Waals surface area contributed by atoms with Crippen LogP contribution in [0.5, 0.6) is 0 Å². The third kappa shape index (κ3) is 3.44. The van der Waals surface area contributed by atoms with Crippen molar-refractivity contribution in [3.63, 3.8) is 0 Å². The Kier molecular flexibility index (Phi) is 4.63. The summed E-state index contributed by atoms with van der Waals surface area (Å²) >= 11 is 6.21. The number of carbonyl (C=O) groups is 1. The molecule has 3 aromatic rings. The van der Waals surface area contributed by atoms with Gasteiger partial charge in [0, 0.05) is 29.5 Å². The van der Waals surface area contributed by atoms with E-state index in [0.29, 0.717) is 28.6 Å². The Morgan fingerprint density at radius 2 is 1.92 bits per heavy atom. The number of carbonyl (C=O) groups excluding carboxylic acids is 1. The highest BCUT2D eigenvalue weighted by Gasteiger charge is 2.18. The van der Waals surface area contributed by atoms with Gasteiger partial charge < -0.3 is 5.32 Å². The molecule has 0 radical (unpaired) electrons. The van der Waals surface area contributed by atoms with Crippen molar-refractivity contribution >= 4 is 23.3 Å². The molecule has 2 heterocycles. The van der Waals surface area contributed by atoms with Crippen LogP contribution in [-0.2, 0) is 13.6 Å². The zero-order chi connectivity index (χ0) is 18.1. The quantitative estimate of drug-likeness (QED) is 0.777. The molecule has 0 atom stereocenters. The summed E-state index contributed by atoms with van der Waals surface area (Å²) in [6.45, 7) is 6.19. The Morgan fingerprint density at radius 1 is 1.20 bits per heavy atom. The monoisotopic (exact) mass is 357 g/mol. The Labute approximate surface area is 151 Å². The first kappa shape index (κ1) is 17.2. The van der Waals surface area contributed by atoms with E-state index in [1.54, 1.807) is 4.68 Å². The molecule has 1 amide bonds. The summed E-state index contributed by atoms with van der Waals surface area (Å²) in [4.78, 5) is 12.6. The lowest BCUT2D eigenvalue weighted by Crippen LogP contribution is -2.15. The molecule has 1 aromatic carbocycles. The first-order chi connectivity index (χ1) is 11.9. The fourth-order valence-electron chi connectivity index (χ4n) is 2.80. The predicted molar refractivity (Wildman–Crippen MR) is 98.2 cm³/mol. The van der Waals surface area contributed by atoms with Crippen LogP contribution in [0.25, 0.3) is 0 Å². The van der Waals surface area contributed by atoms with Gasteiger partial charge in [-0.05, 0) is 32.4 Å². The fraction of sp³-hybridized carbons (Fsp3) is 0.278. The van der Waals surface area contributed by atoms with Crippen molar-refractivity contribution in [3.8, 4) is 0 Å². The molecule has 0 aliphatic heterocycles. The molecule has 7 heteroatoms. The van der Waals surface area contributed by atoms with Crippen molar-refractivity contribution in [1.29, 1.82) is 0 Å². The summed E-state index contributed by atoms with van der Waals surface area (Å²) in [5.74, 6) is 0.308. The van der Waals surface area contributed by atoms with E-state index < -0.39 is 0 Å². The predicted octanol–water partition coefficient (Wildman–Crippen LogP) is 3.50. The number of hydrogen-bond donors (Lipinski definition) is 1. The number of nitrogens with one attached hydrogen (secondary N) is 1. The molecule has 0 spiro atoms. The molecule has 6 nitrogen and oxygen atoms in total. The minimum atomic E-state index is -0.203. The van der Waals surface area contributed by atoms with Crippen molar-refractivity contribution in [3.05, 3.63) is 63.6 Å². The number of halogens is 1. The van der Waals surface area contributed by atoms with Gasteiger partial charge in [-0.2, -0.15) is 10.2 Å². The van der Waals surface area contributed by atoms with Gasteiger partial charge in [0.2, 0.25) is 0 Å². The van der Waals surface area contributed by atoms with Crippen LogP contribution < -0.4 is 5.32 Å². The van der Waals surface area contributed by atoms with E-state index in [4.69, 9.17) is 11.6 Å². The first-order valence-corrected chi connectivity index (χ1v) is 8.34. The number of aromatic nitrogens is 4. The zero-order valence-corrected chi connectivity index (χ0v) is 15.4. The van der Waals surface area contributed by atoms with Crippen LogP contribution in [0.4, 0.5) is 5.82 Å². The van der Waals surface area contributed by atoms with E-state index in [1.807, 2.05) is 62.8 Å². The van der Waals surface area contributed by atoms with E-state index >= 15 is 0 Å². The molecule has 0 saturated carbocycles. The van der Waals surface area contributed by atoms with Gasteiger partial charge in [-0.15, -0.1) is 0 Å². The summed E-state index contributed by atoms with van der Waals surface area (Å²) in [7, 11) is 1.82. The molecule has 25 heavy (non-hydrogen) atoms. The molecular weight excluding hydrogens is 338 g/mol. The van der Waals surface area contributed by atoms with E-state index in [0.717, 1.165) is 17.0 Å². The van der Waals surface area contributed by atoms with Crippen molar-refractivity contribution in [1.82, 2.24) is 19.6 Å². The summed E-state index contributed by atoms with van der Waals surface area (Å²) in [6, 6.07) is 9.49. The maximum absolute atomic E-state index is 12.6. The first-order valence-electron chi connectivity index (χ1n) is 7.96. The Hall–Kier alpha value is -2.60. The van der Waals surface area contributed by atoms with Gasteiger partial charge in [0.05, 0.1) is 17.8 Å². The summed E-state index contributed by atoms with van der Waals surface area (Å²) in [5, 5.41) is 12.3. The average Bonchev–Trinajstić information content (AvgIpc) is 3.01. The molecule has 3 rings (SSSR count). The minimum Gasteiger partial charge on any atom is -0.305 e. The van der Waals surface area contributed by atoms with Crippen LogP contribution in [-0.4, -0.2) is 25.5 Å². The number of rotatable bonds is 4. The molecule has 0 saturated heterocycles. The molecule has 0 fully saturated rings. The van der Waals surface area contributed by atoms with Crippen molar-refractivity contribution in [2.45, 2.75) is 27.3 Å². The maximum Gasteiger partial charge on any atom is 0.260 e. The molecule has 0 aliphatic rings. The van der Waals surface area contributed by atoms with Crippen molar-refractivity contribution < 1.29 is 4.79 Å². The largest absolute Gasteiger partial charge is 0.305 e. The van der Waals surface area contributed by atoms with Crippen LogP contribution in [0.15, 0.2) is 30.3 Å². The number of amides is 1. The second kappa shape index (κ2) is 6.72. The second-order valence-corrected chi connectivity index (χ2v) is 6.45. The highest BCUT2D eigenvalue weighted by molar-refractivity contribution is 6.31. The average molecular weight is 358 g/mol. The smallest absolute Gasteiger partial charge is 0.260 e. The van der Waals surface area contributed by atoms with Gasteiger partial charge in [0.1, 0.15) is 0 Å². The number of nitrogens with zero attached hydrogens (tertiary/aromatic N) is 4. The second-order valence-electron chi connectivity index (χ2n) is 6.04. The van der Waals surface area contributed by atoms with Crippen LogP contribution in [0.1, 0.15) is 33.0 Å². The molecular formula is C18H20ClN5O. The summed E-state index contributed by atoms with van der Waals surface area (Å²) < 4.78 is 3.52. The summed E-state index contributed by atoms with van der Waals surface area (Å²) in [5.41, 5.74) is 4.02. The highest BCUT2D eigenvalue weighted by Crippen LogP contribution is 2.19. The van der Waals surface area contributed by atoms with E-state index in [9.17, 15) is 4.79 Å². The molecule has 0 aliphatic carbocycles. The zero-order valence-electron chi connectivity index (χ0n) is 14.7. The minimum absolute atomic E-state index is 0.203. The number of benzene rings is 1. The van der Waals surface area contributed by atoms with Gasteiger partial charge >= 0.3 is 0 Å². The lowest BCUT2D eigenvalue weighted by Gasteiger charge is -2.06. The molecule has 130 valence electrons. The lowest BCUT2D eigenvalue weighted by molar-refractivity contribution is 0.102. The van der Waals surface area contributed by atoms with Gasteiger partial charge in [-0.1, -0.05) is 29.8 Å². The highest BCUT2D eigenvalue weighted by atomic mass is 35.5. The fourth-order valence-corrected chi connectivity index (χ4v) is 3.00. The topological polar surface area (TPSA) is 64.7 Å². The Morgan fingerprint density at radius 3 is 2.56 bits per heavy atom. The van der Waals surface area contributed by atoms with Gasteiger partial charge in [0.25, 0.3) is 5.91 Å². The van der Waals surface area contributed by atoms with Crippen LogP contribution in [0.3, 0.4) is 0 Å². The Bertz CT molecular complexity index is 941. The van der Waals surface area contributed by atoms with Gasteiger partial charge in [0.15, 0.2) is 5.82 Å². The SMILES string of the molecule is Cc1nn(C)c(C)c1C(=O)Nc1cc(C)n(Cc2ccccc2Cl)n1. The molecule has 1 N–H and O–H groups in total. The van der Waals surface area contributed by atoms with E-state index in [1.165, 1.54) is 0 Å². The molecule has 2 aromatic heterocycles. The van der Waals surface area contributed by atoms with Crippen LogP contribution >= 0.6 is 11.6 Å². The van der Waals surface area contributed by atoms with E-state index in [2.05, 4.69) is 15.5 Å². The number of aryl methyl sites for hydroxylation is 3. The lowest BCUT2D eigenvalue weighted by atomic mass is 10.2. The normalized spacial score (nSPS) is 10.9. The Balaban J connectivity index is 1.81. The molecule has 0 unspecified atom stereocenters. The van der Waals surface area contributed by atoms with Crippen LogP contribution in [0, 0.1) is 20.8 Å². The van der Waals surface area contributed by atoms with E-state index in [-0.39, 0.29) is 5.91 Å². The number of anilines is 1. The van der Waals surface area contributed by atoms with Crippen LogP contribution in [0.2, 0.25) is 5.02 Å². The standard InChI is InChI=1S/C18H20ClN5O/c1-11-9-16(20-18(25)17-12(2)21-23(4)13(17)3)22-24(11)10-14-7-5-6-8-15(14)19/h5-9H,10H2,1-4H3,(H,20,22,25). The molecule has 0 bridgehead atoms. The maximum atomic E-state index is 12.6. The number of hydrogen-bond acceptors (Lipinski definition) is 3. The van der Waals surface area contributed by atoms with Gasteiger partial charge in [-0.3, -0.25) is 14.2 Å². The third-order valence-electron chi connectivity index (χ3n) is 4.24. The van der Waals surface area contributed by atoms with Crippen molar-refractivity contribution in [2.24, 2.45) is 7.05 Å². The van der Waals surface area contributed by atoms with Gasteiger partial charge in [-0.25, -0.2) is 0 Å².